The van der Waals surface area contributed by atoms with Gasteiger partial charge in [0.1, 0.15) is 12.6 Å². The molecule has 0 aliphatic heterocycles. The molecule has 1 atom stereocenters. The molecular weight excluding hydrogens is 614 g/mol. The Hall–Kier alpha value is -2.88. The van der Waals surface area contributed by atoms with Gasteiger partial charge in [0.15, 0.2) is 0 Å². The zero-order valence-corrected chi connectivity index (χ0v) is 25.7. The summed E-state index contributed by atoms with van der Waals surface area (Å²) in [4.78, 5) is 28.8. The molecule has 4 rings (SSSR count). The van der Waals surface area contributed by atoms with Crippen molar-refractivity contribution >= 4 is 55.1 Å². The van der Waals surface area contributed by atoms with Gasteiger partial charge in [0.25, 0.3) is 10.0 Å². The first-order valence-electron chi connectivity index (χ1n) is 13.2. The highest BCUT2D eigenvalue weighted by atomic mass is 79.9. The van der Waals surface area contributed by atoms with Crippen LogP contribution >= 0.6 is 27.5 Å². The average Bonchev–Trinajstić information content (AvgIpc) is 3.44. The van der Waals surface area contributed by atoms with Crippen molar-refractivity contribution in [3.05, 3.63) is 93.4 Å². The van der Waals surface area contributed by atoms with E-state index >= 15 is 0 Å². The first-order chi connectivity index (χ1) is 19.0. The highest BCUT2D eigenvalue weighted by Crippen LogP contribution is 2.27. The molecule has 0 saturated heterocycles. The van der Waals surface area contributed by atoms with E-state index in [4.69, 9.17) is 11.6 Å². The third-order valence-electron chi connectivity index (χ3n) is 7.11. The molecule has 1 saturated carbocycles. The number of hydrogen-bond acceptors (Lipinski definition) is 4. The molecule has 0 unspecified atom stereocenters. The largest absolute Gasteiger partial charge is 0.352 e. The molecule has 40 heavy (non-hydrogen) atoms. The standard InChI is InChI=1S/C30H33BrClN3O4S/c1-21-10-16-28(17-11-21)40(38,39)35(27-14-12-24(31)13-15-27)20-29(36)34(19-23-6-5-7-25(32)18-23)22(2)30(37)33-26-8-3-4-9-26/h5-7,10-18,22,26H,3-4,8-9,19-20H2,1-2H3,(H,33,37)/t22-/m0/s1. The summed E-state index contributed by atoms with van der Waals surface area (Å²) >= 11 is 9.59. The summed E-state index contributed by atoms with van der Waals surface area (Å²) in [5.74, 6) is -0.772. The highest BCUT2D eigenvalue weighted by Gasteiger charge is 2.33. The Bertz CT molecular complexity index is 1440. The van der Waals surface area contributed by atoms with E-state index in [0.717, 1.165) is 45.6 Å². The summed E-state index contributed by atoms with van der Waals surface area (Å²) in [5.41, 5.74) is 1.99. The molecule has 212 valence electrons. The van der Waals surface area contributed by atoms with Crippen LogP contribution in [0.2, 0.25) is 5.02 Å². The van der Waals surface area contributed by atoms with Crippen molar-refractivity contribution in [2.75, 3.05) is 10.8 Å². The van der Waals surface area contributed by atoms with Gasteiger partial charge in [0, 0.05) is 22.1 Å². The summed E-state index contributed by atoms with van der Waals surface area (Å²) < 4.78 is 29.6. The predicted molar refractivity (Wildman–Crippen MR) is 162 cm³/mol. The molecule has 1 fully saturated rings. The van der Waals surface area contributed by atoms with E-state index in [0.29, 0.717) is 10.7 Å². The van der Waals surface area contributed by atoms with E-state index in [2.05, 4.69) is 21.2 Å². The van der Waals surface area contributed by atoms with Gasteiger partial charge >= 0.3 is 0 Å². The fourth-order valence-electron chi connectivity index (χ4n) is 4.78. The molecular formula is C30H33BrClN3O4S. The zero-order valence-electron chi connectivity index (χ0n) is 22.5. The molecule has 7 nitrogen and oxygen atoms in total. The second kappa shape index (κ2) is 13.2. The number of benzene rings is 3. The second-order valence-electron chi connectivity index (χ2n) is 10.1. The van der Waals surface area contributed by atoms with Gasteiger partial charge in [0.2, 0.25) is 11.8 Å². The number of carbonyl (C=O) groups excluding carboxylic acids is 2. The Morgan fingerprint density at radius 3 is 2.30 bits per heavy atom. The number of hydrogen-bond donors (Lipinski definition) is 1. The number of aryl methyl sites for hydroxylation is 1. The van der Waals surface area contributed by atoms with Crippen LogP contribution in [0, 0.1) is 6.92 Å². The van der Waals surface area contributed by atoms with E-state index < -0.39 is 28.5 Å². The topological polar surface area (TPSA) is 86.8 Å². The Kier molecular flexibility index (Phi) is 9.92. The number of carbonyl (C=O) groups is 2. The summed E-state index contributed by atoms with van der Waals surface area (Å²) in [6.07, 6.45) is 3.94. The molecule has 3 aromatic rings. The van der Waals surface area contributed by atoms with Gasteiger partial charge in [-0.2, -0.15) is 0 Å². The number of nitrogens with one attached hydrogen (secondary N) is 1. The van der Waals surface area contributed by atoms with E-state index in [1.165, 1.54) is 17.0 Å². The molecule has 1 aliphatic rings. The van der Waals surface area contributed by atoms with Crippen molar-refractivity contribution in [2.24, 2.45) is 0 Å². The lowest BCUT2D eigenvalue weighted by Gasteiger charge is -2.32. The fourth-order valence-corrected chi connectivity index (χ4v) is 6.67. The van der Waals surface area contributed by atoms with Crippen LogP contribution in [0.25, 0.3) is 0 Å². The van der Waals surface area contributed by atoms with Crippen molar-refractivity contribution in [1.82, 2.24) is 10.2 Å². The number of nitrogens with zero attached hydrogens (tertiary/aromatic N) is 2. The van der Waals surface area contributed by atoms with E-state index in [-0.39, 0.29) is 23.4 Å². The van der Waals surface area contributed by atoms with Gasteiger partial charge in [0.05, 0.1) is 10.6 Å². The molecule has 0 heterocycles. The third kappa shape index (κ3) is 7.44. The minimum Gasteiger partial charge on any atom is -0.352 e. The smallest absolute Gasteiger partial charge is 0.264 e. The molecule has 10 heteroatoms. The van der Waals surface area contributed by atoms with Gasteiger partial charge < -0.3 is 10.2 Å². The van der Waals surface area contributed by atoms with Crippen molar-refractivity contribution in [1.29, 1.82) is 0 Å². The molecule has 3 aromatic carbocycles. The van der Waals surface area contributed by atoms with Gasteiger partial charge in [-0.05, 0) is 80.8 Å². The second-order valence-corrected chi connectivity index (χ2v) is 13.3. The van der Waals surface area contributed by atoms with Crippen LogP contribution in [0.3, 0.4) is 0 Å². The first-order valence-corrected chi connectivity index (χ1v) is 15.8. The van der Waals surface area contributed by atoms with Crippen molar-refractivity contribution < 1.29 is 18.0 Å². The maximum atomic E-state index is 14.0. The summed E-state index contributed by atoms with van der Waals surface area (Å²) in [6.45, 7) is 3.15. The molecule has 2 amide bonds. The Morgan fingerprint density at radius 2 is 1.68 bits per heavy atom. The normalized spacial score (nSPS) is 14.5. The summed E-state index contributed by atoms with van der Waals surface area (Å²) in [7, 11) is -4.11. The maximum absolute atomic E-state index is 14.0. The number of amides is 2. The predicted octanol–water partition coefficient (Wildman–Crippen LogP) is 6.08. The van der Waals surface area contributed by atoms with Crippen LogP contribution in [0.15, 0.2) is 82.2 Å². The lowest BCUT2D eigenvalue weighted by Crippen LogP contribution is -2.52. The first kappa shape index (κ1) is 30.1. The fraction of sp³-hybridized carbons (Fsp3) is 0.333. The quantitative estimate of drug-likeness (QED) is 0.289. The van der Waals surface area contributed by atoms with E-state index in [9.17, 15) is 18.0 Å². The summed E-state index contributed by atoms with van der Waals surface area (Å²) in [5, 5.41) is 3.57. The van der Waals surface area contributed by atoms with E-state index in [1.54, 1.807) is 61.5 Å². The van der Waals surface area contributed by atoms with Gasteiger partial charge in [-0.15, -0.1) is 0 Å². The highest BCUT2D eigenvalue weighted by molar-refractivity contribution is 9.10. The number of rotatable bonds is 10. The minimum absolute atomic E-state index is 0.0715. The number of anilines is 1. The molecule has 0 aromatic heterocycles. The Morgan fingerprint density at radius 1 is 1.02 bits per heavy atom. The lowest BCUT2D eigenvalue weighted by atomic mass is 10.1. The van der Waals surface area contributed by atoms with Crippen LogP contribution in [-0.4, -0.2) is 43.8 Å². The summed E-state index contributed by atoms with van der Waals surface area (Å²) in [6, 6.07) is 19.5. The number of sulfonamides is 1. The van der Waals surface area contributed by atoms with Crippen LogP contribution in [0.1, 0.15) is 43.7 Å². The average molecular weight is 647 g/mol. The monoisotopic (exact) mass is 645 g/mol. The van der Waals surface area contributed by atoms with Gasteiger partial charge in [-0.3, -0.25) is 13.9 Å². The van der Waals surface area contributed by atoms with Crippen molar-refractivity contribution in [3.63, 3.8) is 0 Å². The van der Waals surface area contributed by atoms with E-state index in [1.807, 2.05) is 13.0 Å². The molecule has 0 spiro atoms. The van der Waals surface area contributed by atoms with Crippen LogP contribution in [0.5, 0.6) is 0 Å². The van der Waals surface area contributed by atoms with Crippen LogP contribution in [0.4, 0.5) is 5.69 Å². The Balaban J connectivity index is 1.68. The SMILES string of the molecule is Cc1ccc(S(=O)(=O)N(CC(=O)N(Cc2cccc(Cl)c2)[C@@H](C)C(=O)NC2CCCC2)c2ccc(Br)cc2)cc1. The molecule has 1 N–H and O–H groups in total. The minimum atomic E-state index is -4.11. The number of halogens is 2. The van der Waals surface area contributed by atoms with Crippen LogP contribution in [-0.2, 0) is 26.2 Å². The van der Waals surface area contributed by atoms with Gasteiger partial charge in [-0.25, -0.2) is 8.42 Å². The zero-order chi connectivity index (χ0) is 28.9. The van der Waals surface area contributed by atoms with Crippen molar-refractivity contribution in [2.45, 2.75) is 63.1 Å². The van der Waals surface area contributed by atoms with Crippen LogP contribution < -0.4 is 9.62 Å². The maximum Gasteiger partial charge on any atom is 0.264 e. The van der Waals surface area contributed by atoms with Crippen molar-refractivity contribution in [3.8, 4) is 0 Å². The Labute approximate surface area is 249 Å². The lowest BCUT2D eigenvalue weighted by molar-refractivity contribution is -0.139. The molecule has 1 aliphatic carbocycles. The molecule has 0 bridgehead atoms. The van der Waals surface area contributed by atoms with Gasteiger partial charge in [-0.1, -0.05) is 70.2 Å². The molecule has 0 radical (unpaired) electrons. The third-order valence-corrected chi connectivity index (χ3v) is 9.67.